The van der Waals surface area contributed by atoms with Gasteiger partial charge in [-0.1, -0.05) is 12.1 Å². The summed E-state index contributed by atoms with van der Waals surface area (Å²) >= 11 is 0. The molecule has 0 fully saturated rings. The lowest BCUT2D eigenvalue weighted by Gasteiger charge is -2.12. The van der Waals surface area contributed by atoms with E-state index in [1.54, 1.807) is 37.4 Å². The Kier molecular flexibility index (Phi) is 4.59. The van der Waals surface area contributed by atoms with Gasteiger partial charge in [0.1, 0.15) is 11.5 Å². The van der Waals surface area contributed by atoms with Crippen molar-refractivity contribution < 1.29 is 18.3 Å². The lowest BCUT2D eigenvalue weighted by Crippen LogP contribution is -2.19. The molecule has 3 N–H and O–H groups in total. The molecule has 0 aliphatic rings. The molecule has 0 unspecified atom stereocenters. The van der Waals surface area contributed by atoms with E-state index in [-0.39, 0.29) is 28.4 Å². The zero-order valence-electron chi connectivity index (χ0n) is 15.2. The summed E-state index contributed by atoms with van der Waals surface area (Å²) in [6, 6.07) is 10.9. The number of fused-ring (bicyclic) bond motifs is 1. The summed E-state index contributed by atoms with van der Waals surface area (Å²) in [7, 11) is 0. The highest BCUT2D eigenvalue weighted by atomic mass is 19.1. The van der Waals surface area contributed by atoms with Crippen molar-refractivity contribution in [2.75, 3.05) is 5.32 Å². The number of pyridine rings is 1. The van der Waals surface area contributed by atoms with E-state index < -0.39 is 17.5 Å². The van der Waals surface area contributed by atoms with Gasteiger partial charge in [-0.2, -0.15) is 0 Å². The first kappa shape index (κ1) is 18.4. The Bertz CT molecular complexity index is 1290. The number of rotatable bonds is 4. The van der Waals surface area contributed by atoms with Gasteiger partial charge in [0.05, 0.1) is 11.1 Å². The molecule has 8 heteroatoms. The van der Waals surface area contributed by atoms with Crippen LogP contribution in [0.15, 0.2) is 59.5 Å². The molecule has 0 atom stereocenters. The number of halogens is 2. The van der Waals surface area contributed by atoms with E-state index in [4.69, 9.17) is 4.74 Å². The van der Waals surface area contributed by atoms with Crippen molar-refractivity contribution in [2.24, 2.45) is 0 Å². The van der Waals surface area contributed by atoms with Crippen LogP contribution in [0.3, 0.4) is 0 Å². The Morgan fingerprint density at radius 3 is 2.66 bits per heavy atom. The predicted octanol–water partition coefficient (Wildman–Crippen LogP) is 4.49. The quantitative estimate of drug-likeness (QED) is 0.476. The number of aryl methyl sites for hydroxylation is 1. The van der Waals surface area contributed by atoms with E-state index in [2.05, 4.69) is 15.3 Å². The molecule has 0 bridgehead atoms. The van der Waals surface area contributed by atoms with Crippen LogP contribution in [0, 0.1) is 18.6 Å². The van der Waals surface area contributed by atoms with Crippen molar-refractivity contribution in [1.29, 1.82) is 0 Å². The molecule has 2 aromatic heterocycles. The highest BCUT2D eigenvalue weighted by molar-refractivity contribution is 6.05. The third-order valence-electron chi connectivity index (χ3n) is 4.38. The number of nitrogens with one attached hydrogen (secondary N) is 3. The molecule has 4 rings (SSSR count). The number of carbonyl (C=O) groups is 1. The molecule has 6 nitrogen and oxygen atoms in total. The number of hydrogen-bond donors (Lipinski definition) is 3. The van der Waals surface area contributed by atoms with Gasteiger partial charge in [-0.25, -0.2) is 8.78 Å². The molecule has 2 aromatic carbocycles. The Morgan fingerprint density at radius 1 is 1.07 bits per heavy atom. The minimum Gasteiger partial charge on any atom is -0.452 e. The summed E-state index contributed by atoms with van der Waals surface area (Å²) in [5.41, 5.74) is 0.634. The first-order valence-electron chi connectivity index (χ1n) is 8.66. The molecule has 1 amide bonds. The Labute approximate surface area is 163 Å². The minimum absolute atomic E-state index is 0.0595. The number of anilines is 1. The smallest absolute Gasteiger partial charge is 0.272 e. The van der Waals surface area contributed by atoms with Gasteiger partial charge >= 0.3 is 0 Å². The van der Waals surface area contributed by atoms with Gasteiger partial charge in [0.2, 0.25) is 0 Å². The number of ether oxygens (including phenoxy) is 1. The Balaban J connectivity index is 1.63. The first-order chi connectivity index (χ1) is 13.9. The number of para-hydroxylation sites is 2. The molecule has 0 aliphatic heterocycles. The highest BCUT2D eigenvalue weighted by Crippen LogP contribution is 2.31. The molecule has 2 heterocycles. The zero-order valence-corrected chi connectivity index (χ0v) is 15.2. The number of aromatic nitrogens is 2. The molecule has 0 saturated heterocycles. The second kappa shape index (κ2) is 7.23. The summed E-state index contributed by atoms with van der Waals surface area (Å²) in [6.45, 7) is 1.76. The second-order valence-electron chi connectivity index (χ2n) is 6.38. The van der Waals surface area contributed by atoms with E-state index in [1.165, 1.54) is 6.07 Å². The summed E-state index contributed by atoms with van der Waals surface area (Å²) in [5.74, 6) is -2.20. The number of H-pyrrole nitrogens is 2. The van der Waals surface area contributed by atoms with Crippen LogP contribution in [-0.4, -0.2) is 15.9 Å². The first-order valence-corrected chi connectivity index (χ1v) is 8.66. The maximum absolute atomic E-state index is 13.9. The number of carbonyl (C=O) groups excluding carboxylic acids is 1. The second-order valence-corrected chi connectivity index (χ2v) is 6.38. The van der Waals surface area contributed by atoms with E-state index in [9.17, 15) is 18.4 Å². The number of aromatic amines is 2. The maximum Gasteiger partial charge on any atom is 0.272 e. The van der Waals surface area contributed by atoms with Gasteiger partial charge in [-0.3, -0.25) is 9.59 Å². The van der Waals surface area contributed by atoms with Crippen LogP contribution >= 0.6 is 0 Å². The fourth-order valence-electron chi connectivity index (χ4n) is 2.99. The fourth-order valence-corrected chi connectivity index (χ4v) is 2.99. The summed E-state index contributed by atoms with van der Waals surface area (Å²) in [4.78, 5) is 30.4. The van der Waals surface area contributed by atoms with Gasteiger partial charge in [-0.05, 0) is 37.3 Å². The average Bonchev–Trinajstić information content (AvgIpc) is 3.07. The van der Waals surface area contributed by atoms with Gasteiger partial charge in [0, 0.05) is 23.3 Å². The molecule has 29 heavy (non-hydrogen) atoms. The van der Waals surface area contributed by atoms with E-state index in [1.807, 2.05) is 0 Å². The standard InChI is InChI=1S/C21H15F2N3O3/c1-11-19-12(10-24-11)8-16(26-21(19)28)20(27)25-15-4-2-3-5-18(15)29-17-7-6-13(22)9-14(17)23/h2-10,24H,1H3,(H,25,27)(H,26,28). The Morgan fingerprint density at radius 2 is 1.86 bits per heavy atom. The van der Waals surface area contributed by atoms with E-state index in [0.29, 0.717) is 22.5 Å². The maximum atomic E-state index is 13.9. The minimum atomic E-state index is -0.872. The van der Waals surface area contributed by atoms with Crippen LogP contribution in [0.5, 0.6) is 11.5 Å². The number of hydrogen-bond acceptors (Lipinski definition) is 3. The molecule has 0 radical (unpaired) electrons. The van der Waals surface area contributed by atoms with Crippen molar-refractivity contribution >= 4 is 22.4 Å². The van der Waals surface area contributed by atoms with Crippen LogP contribution in [-0.2, 0) is 0 Å². The van der Waals surface area contributed by atoms with Crippen molar-refractivity contribution in [3.63, 3.8) is 0 Å². The monoisotopic (exact) mass is 395 g/mol. The zero-order chi connectivity index (χ0) is 20.5. The molecule has 0 spiro atoms. The Hall–Kier alpha value is -3.94. The topological polar surface area (TPSA) is 87.0 Å². The van der Waals surface area contributed by atoms with Crippen LogP contribution in [0.2, 0.25) is 0 Å². The van der Waals surface area contributed by atoms with Crippen LogP contribution in [0.1, 0.15) is 16.2 Å². The van der Waals surface area contributed by atoms with E-state index in [0.717, 1.165) is 12.1 Å². The SMILES string of the molecule is Cc1[nH]cc2cc(C(=O)Nc3ccccc3Oc3ccc(F)cc3F)[nH]c(=O)c12. The number of amides is 1. The van der Waals surface area contributed by atoms with Gasteiger partial charge in [0.25, 0.3) is 11.5 Å². The molecule has 0 saturated carbocycles. The van der Waals surface area contributed by atoms with Crippen molar-refractivity contribution in [3.05, 3.63) is 88.1 Å². The number of benzene rings is 2. The van der Waals surface area contributed by atoms with Gasteiger partial charge < -0.3 is 20.0 Å². The molecule has 146 valence electrons. The average molecular weight is 395 g/mol. The normalized spacial score (nSPS) is 10.9. The highest BCUT2D eigenvalue weighted by Gasteiger charge is 2.15. The third-order valence-corrected chi connectivity index (χ3v) is 4.38. The largest absolute Gasteiger partial charge is 0.452 e. The van der Waals surface area contributed by atoms with Gasteiger partial charge in [0.15, 0.2) is 17.3 Å². The van der Waals surface area contributed by atoms with Gasteiger partial charge in [-0.15, -0.1) is 0 Å². The lowest BCUT2D eigenvalue weighted by molar-refractivity contribution is 0.102. The molecule has 4 aromatic rings. The molecular formula is C21H15F2N3O3. The fraction of sp³-hybridized carbons (Fsp3) is 0.0476. The molecular weight excluding hydrogens is 380 g/mol. The third kappa shape index (κ3) is 3.60. The van der Waals surface area contributed by atoms with Crippen LogP contribution in [0.25, 0.3) is 10.8 Å². The lowest BCUT2D eigenvalue weighted by atomic mass is 10.2. The van der Waals surface area contributed by atoms with Crippen LogP contribution < -0.4 is 15.6 Å². The summed E-state index contributed by atoms with van der Waals surface area (Å²) in [5, 5.41) is 3.73. The van der Waals surface area contributed by atoms with Crippen molar-refractivity contribution in [2.45, 2.75) is 6.92 Å². The molecule has 0 aliphatic carbocycles. The predicted molar refractivity (Wildman–Crippen MR) is 104 cm³/mol. The summed E-state index contributed by atoms with van der Waals surface area (Å²) < 4.78 is 32.5. The van der Waals surface area contributed by atoms with Crippen LogP contribution in [0.4, 0.5) is 14.5 Å². The van der Waals surface area contributed by atoms with Crippen molar-refractivity contribution in [3.8, 4) is 11.5 Å². The summed E-state index contributed by atoms with van der Waals surface area (Å²) in [6.07, 6.45) is 1.64. The van der Waals surface area contributed by atoms with Crippen molar-refractivity contribution in [1.82, 2.24) is 9.97 Å². The van der Waals surface area contributed by atoms with E-state index >= 15 is 0 Å².